The van der Waals surface area contributed by atoms with Gasteiger partial charge in [0, 0.05) is 5.69 Å². The van der Waals surface area contributed by atoms with Gasteiger partial charge >= 0.3 is 5.76 Å². The van der Waals surface area contributed by atoms with Gasteiger partial charge in [0.15, 0.2) is 0 Å². The number of hydrogen-bond acceptors (Lipinski definition) is 3. The summed E-state index contributed by atoms with van der Waals surface area (Å²) in [6, 6.07) is 13.9. The number of aryl methyl sites for hydroxylation is 1. The van der Waals surface area contributed by atoms with E-state index in [1.54, 1.807) is 0 Å². The van der Waals surface area contributed by atoms with Crippen molar-refractivity contribution in [3.63, 3.8) is 0 Å². The predicted molar refractivity (Wildman–Crippen MR) is 85.4 cm³/mol. The van der Waals surface area contributed by atoms with E-state index in [0.29, 0.717) is 0 Å². The molecule has 0 saturated heterocycles. The molecule has 0 heterocycles. The van der Waals surface area contributed by atoms with Crippen LogP contribution in [0.3, 0.4) is 0 Å². The SMILES string of the molecule is O=S(=O)(c1ccc(N[C@@H]2CCCc3ccccc32)cc1)C(F)F. The van der Waals surface area contributed by atoms with Crippen molar-refractivity contribution in [3.05, 3.63) is 59.7 Å². The maximum Gasteiger partial charge on any atom is 0.341 e. The first-order valence-electron chi connectivity index (χ1n) is 7.45. The van der Waals surface area contributed by atoms with E-state index in [1.807, 2.05) is 12.1 Å². The molecule has 2 aromatic rings. The fourth-order valence-electron chi connectivity index (χ4n) is 2.95. The highest BCUT2D eigenvalue weighted by Gasteiger charge is 2.26. The summed E-state index contributed by atoms with van der Waals surface area (Å²) >= 11 is 0. The highest BCUT2D eigenvalue weighted by molar-refractivity contribution is 7.91. The van der Waals surface area contributed by atoms with Crippen LogP contribution in [0.4, 0.5) is 14.5 Å². The Hall–Kier alpha value is -1.95. The summed E-state index contributed by atoms with van der Waals surface area (Å²) in [5.74, 6) is -3.40. The Morgan fingerprint density at radius 3 is 2.43 bits per heavy atom. The fraction of sp³-hybridized carbons (Fsp3) is 0.294. The Bertz CT molecular complexity index is 788. The molecular weight excluding hydrogens is 320 g/mol. The first-order chi connectivity index (χ1) is 11.0. The molecule has 3 rings (SSSR count). The maximum atomic E-state index is 12.5. The van der Waals surface area contributed by atoms with Gasteiger partial charge in [-0.3, -0.25) is 0 Å². The van der Waals surface area contributed by atoms with Crippen LogP contribution < -0.4 is 5.32 Å². The van der Waals surface area contributed by atoms with Crippen molar-refractivity contribution in [1.29, 1.82) is 0 Å². The Kier molecular flexibility index (Phi) is 4.35. The van der Waals surface area contributed by atoms with Crippen molar-refractivity contribution in [2.45, 2.75) is 36.0 Å². The van der Waals surface area contributed by atoms with Crippen molar-refractivity contribution >= 4 is 15.5 Å². The zero-order valence-electron chi connectivity index (χ0n) is 12.4. The van der Waals surface area contributed by atoms with E-state index < -0.39 is 15.6 Å². The van der Waals surface area contributed by atoms with Crippen LogP contribution in [-0.2, 0) is 16.3 Å². The molecule has 1 aliphatic rings. The molecule has 2 aromatic carbocycles. The summed E-state index contributed by atoms with van der Waals surface area (Å²) in [7, 11) is -4.54. The lowest BCUT2D eigenvalue weighted by Crippen LogP contribution is -2.17. The lowest BCUT2D eigenvalue weighted by molar-refractivity contribution is 0.234. The Morgan fingerprint density at radius 1 is 1.04 bits per heavy atom. The minimum Gasteiger partial charge on any atom is -0.378 e. The lowest BCUT2D eigenvalue weighted by Gasteiger charge is -2.27. The number of benzene rings is 2. The summed E-state index contributed by atoms with van der Waals surface area (Å²) in [4.78, 5) is -0.359. The van der Waals surface area contributed by atoms with E-state index in [0.717, 1.165) is 24.9 Å². The Labute approximate surface area is 134 Å². The quantitative estimate of drug-likeness (QED) is 0.911. The smallest absolute Gasteiger partial charge is 0.341 e. The highest BCUT2D eigenvalue weighted by Crippen LogP contribution is 2.32. The molecule has 0 amide bonds. The minimum atomic E-state index is -4.54. The fourth-order valence-corrected chi connectivity index (χ4v) is 3.67. The van der Waals surface area contributed by atoms with E-state index in [9.17, 15) is 17.2 Å². The van der Waals surface area contributed by atoms with Gasteiger partial charge in [0.05, 0.1) is 10.9 Å². The standard InChI is InChI=1S/C17H17F2NO2S/c18-17(19)23(21,22)14-10-8-13(9-11-14)20-16-7-3-5-12-4-1-2-6-15(12)16/h1-2,4,6,8-11,16-17,20H,3,5,7H2/t16-/m1/s1. The number of sulfone groups is 1. The monoisotopic (exact) mass is 337 g/mol. The zero-order chi connectivity index (χ0) is 16.4. The van der Waals surface area contributed by atoms with Crippen LogP contribution in [0, 0.1) is 0 Å². The van der Waals surface area contributed by atoms with E-state index in [1.165, 1.54) is 35.4 Å². The molecule has 0 fully saturated rings. The first kappa shape index (κ1) is 15.9. The number of halogens is 2. The van der Waals surface area contributed by atoms with Gasteiger partial charge in [-0.05, 0) is 54.7 Å². The molecule has 3 nitrogen and oxygen atoms in total. The molecule has 1 aliphatic carbocycles. The number of fused-ring (bicyclic) bond motifs is 1. The van der Waals surface area contributed by atoms with Gasteiger partial charge in [-0.15, -0.1) is 0 Å². The van der Waals surface area contributed by atoms with Crippen LogP contribution in [0.25, 0.3) is 0 Å². The van der Waals surface area contributed by atoms with E-state index in [2.05, 4.69) is 17.4 Å². The number of alkyl halides is 2. The van der Waals surface area contributed by atoms with Gasteiger partial charge in [0.1, 0.15) is 0 Å². The number of anilines is 1. The molecule has 1 atom stereocenters. The van der Waals surface area contributed by atoms with Crippen LogP contribution in [-0.4, -0.2) is 14.2 Å². The van der Waals surface area contributed by atoms with Crippen LogP contribution >= 0.6 is 0 Å². The van der Waals surface area contributed by atoms with Gasteiger partial charge in [-0.2, -0.15) is 8.78 Å². The average Bonchev–Trinajstić information content (AvgIpc) is 2.55. The molecule has 0 spiro atoms. The number of rotatable bonds is 4. The second-order valence-corrected chi connectivity index (χ2v) is 7.54. The van der Waals surface area contributed by atoms with E-state index >= 15 is 0 Å². The van der Waals surface area contributed by atoms with Crippen LogP contribution in [0.2, 0.25) is 0 Å². The van der Waals surface area contributed by atoms with Gasteiger partial charge in [-0.1, -0.05) is 24.3 Å². The van der Waals surface area contributed by atoms with Gasteiger partial charge in [0.25, 0.3) is 0 Å². The molecule has 1 N–H and O–H groups in total. The molecular formula is C17H17F2NO2S. The first-order valence-corrected chi connectivity index (χ1v) is 8.99. The molecule has 0 aliphatic heterocycles. The molecule has 0 aromatic heterocycles. The molecule has 6 heteroatoms. The maximum absolute atomic E-state index is 12.5. The van der Waals surface area contributed by atoms with Crippen molar-refractivity contribution in [2.75, 3.05) is 5.32 Å². The normalized spacial score (nSPS) is 17.8. The zero-order valence-corrected chi connectivity index (χ0v) is 13.2. The summed E-state index contributed by atoms with van der Waals surface area (Å²) in [5.41, 5.74) is 3.27. The van der Waals surface area contributed by atoms with Crippen LogP contribution in [0.1, 0.15) is 30.0 Å². The summed E-state index contributed by atoms with van der Waals surface area (Å²) < 4.78 is 47.9. The van der Waals surface area contributed by atoms with Crippen molar-refractivity contribution in [3.8, 4) is 0 Å². The van der Waals surface area contributed by atoms with Crippen molar-refractivity contribution < 1.29 is 17.2 Å². The Balaban J connectivity index is 1.80. The largest absolute Gasteiger partial charge is 0.378 e. The highest BCUT2D eigenvalue weighted by atomic mass is 32.2. The van der Waals surface area contributed by atoms with Crippen molar-refractivity contribution in [2.24, 2.45) is 0 Å². The molecule has 122 valence electrons. The second kappa shape index (κ2) is 6.28. The third kappa shape index (κ3) is 3.22. The molecule has 0 radical (unpaired) electrons. The summed E-state index contributed by atoms with van der Waals surface area (Å²) in [6.45, 7) is 0. The van der Waals surface area contributed by atoms with Gasteiger partial charge in [0.2, 0.25) is 9.84 Å². The molecule has 0 bridgehead atoms. The topological polar surface area (TPSA) is 46.2 Å². The Morgan fingerprint density at radius 2 is 1.74 bits per heavy atom. The van der Waals surface area contributed by atoms with Crippen LogP contribution in [0.15, 0.2) is 53.4 Å². The lowest BCUT2D eigenvalue weighted by atomic mass is 9.87. The van der Waals surface area contributed by atoms with Crippen molar-refractivity contribution in [1.82, 2.24) is 0 Å². The van der Waals surface area contributed by atoms with E-state index in [4.69, 9.17) is 0 Å². The predicted octanol–water partition coefficient (Wildman–Crippen LogP) is 4.17. The van der Waals surface area contributed by atoms with E-state index in [-0.39, 0.29) is 10.9 Å². The minimum absolute atomic E-state index is 0.150. The summed E-state index contributed by atoms with van der Waals surface area (Å²) in [5, 5.41) is 3.36. The van der Waals surface area contributed by atoms with Gasteiger partial charge in [-0.25, -0.2) is 8.42 Å². The molecule has 0 saturated carbocycles. The summed E-state index contributed by atoms with van der Waals surface area (Å²) in [6.07, 6.45) is 3.11. The third-order valence-corrected chi connectivity index (χ3v) is 5.53. The number of nitrogens with one attached hydrogen (secondary N) is 1. The van der Waals surface area contributed by atoms with Gasteiger partial charge < -0.3 is 5.32 Å². The third-order valence-electron chi connectivity index (χ3n) is 4.13. The second-order valence-electron chi connectivity index (χ2n) is 5.62. The molecule has 0 unspecified atom stereocenters. The average molecular weight is 337 g/mol. The molecule has 23 heavy (non-hydrogen) atoms. The number of hydrogen-bond donors (Lipinski definition) is 1. The van der Waals surface area contributed by atoms with Crippen LogP contribution in [0.5, 0.6) is 0 Å².